The number of rotatable bonds is 6. The number of allylic oxidation sites excluding steroid dienone is 7. The summed E-state index contributed by atoms with van der Waals surface area (Å²) in [6, 6.07) is 0. The van der Waals surface area contributed by atoms with Gasteiger partial charge in [0.05, 0.1) is 5.25 Å². The Labute approximate surface area is 133 Å². The Kier molecular flexibility index (Phi) is 6.35. The van der Waals surface area contributed by atoms with E-state index in [4.69, 9.17) is 0 Å². The van der Waals surface area contributed by atoms with Gasteiger partial charge in [0, 0.05) is 5.57 Å². The van der Waals surface area contributed by atoms with Crippen molar-refractivity contribution >= 4 is 15.9 Å². The van der Waals surface area contributed by atoms with E-state index in [0.717, 1.165) is 11.1 Å². The highest BCUT2D eigenvalue weighted by atomic mass is 32.2. The molecule has 1 fully saturated rings. The maximum Gasteiger partial charge on any atom is 0.260 e. The van der Waals surface area contributed by atoms with Crippen LogP contribution in [0.15, 0.2) is 46.6 Å². The molecule has 1 amide bonds. The molecule has 4 nitrogen and oxygen atoms in total. The molecule has 0 aromatic carbocycles. The van der Waals surface area contributed by atoms with Gasteiger partial charge in [-0.15, -0.1) is 0 Å². The Balaban J connectivity index is 2.81. The summed E-state index contributed by atoms with van der Waals surface area (Å²) in [7, 11) is -3.49. The summed E-state index contributed by atoms with van der Waals surface area (Å²) in [4.78, 5) is 11.9. The number of sulfonamides is 1. The molecule has 0 aromatic rings. The van der Waals surface area contributed by atoms with Crippen LogP contribution in [0, 0.1) is 0 Å². The molecule has 5 heteroatoms. The molecule has 0 atom stereocenters. The minimum atomic E-state index is -3.49. The lowest BCUT2D eigenvalue weighted by atomic mass is 10.0. The molecule has 0 bridgehead atoms. The second kappa shape index (κ2) is 7.58. The molecule has 0 aliphatic heterocycles. The zero-order chi connectivity index (χ0) is 16.9. The van der Waals surface area contributed by atoms with Crippen molar-refractivity contribution in [2.75, 3.05) is 0 Å². The molecule has 0 spiro atoms. The van der Waals surface area contributed by atoms with E-state index in [1.54, 1.807) is 13.0 Å². The van der Waals surface area contributed by atoms with Gasteiger partial charge in [0.2, 0.25) is 10.0 Å². The van der Waals surface area contributed by atoms with Crippen molar-refractivity contribution in [2.45, 2.75) is 52.7 Å². The molecule has 1 aliphatic rings. The van der Waals surface area contributed by atoms with Crippen LogP contribution in [-0.4, -0.2) is 19.6 Å². The van der Waals surface area contributed by atoms with Crippen LogP contribution in [0.25, 0.3) is 0 Å². The summed E-state index contributed by atoms with van der Waals surface area (Å²) in [5.41, 5.74) is 3.65. The van der Waals surface area contributed by atoms with E-state index in [2.05, 4.69) is 10.8 Å². The van der Waals surface area contributed by atoms with Gasteiger partial charge in [-0.2, -0.15) is 0 Å². The molecule has 1 saturated carbocycles. The van der Waals surface area contributed by atoms with E-state index >= 15 is 0 Å². The molecule has 0 heterocycles. The monoisotopic (exact) mass is 323 g/mol. The third kappa shape index (κ3) is 5.64. The summed E-state index contributed by atoms with van der Waals surface area (Å²) in [5.74, 6) is -0.555. The van der Waals surface area contributed by atoms with Crippen LogP contribution in [0.3, 0.4) is 0 Å². The van der Waals surface area contributed by atoms with Crippen LogP contribution in [-0.2, 0) is 14.8 Å². The number of amides is 1. The van der Waals surface area contributed by atoms with E-state index in [1.807, 2.05) is 39.8 Å². The lowest BCUT2D eigenvalue weighted by molar-refractivity contribution is -0.115. The van der Waals surface area contributed by atoms with Crippen LogP contribution in [0.5, 0.6) is 0 Å². The Morgan fingerprint density at radius 2 is 1.59 bits per heavy atom. The second-order valence-electron chi connectivity index (χ2n) is 5.84. The van der Waals surface area contributed by atoms with E-state index in [-0.39, 0.29) is 0 Å². The van der Waals surface area contributed by atoms with Gasteiger partial charge in [-0.05, 0) is 58.6 Å². The molecule has 0 saturated heterocycles. The Bertz CT molecular complexity index is 656. The van der Waals surface area contributed by atoms with Gasteiger partial charge in [-0.3, -0.25) is 4.79 Å². The van der Waals surface area contributed by atoms with Crippen LogP contribution in [0.1, 0.15) is 47.5 Å². The van der Waals surface area contributed by atoms with Crippen molar-refractivity contribution in [3.63, 3.8) is 0 Å². The molecule has 0 aromatic heterocycles. The molecular weight excluding hydrogens is 298 g/mol. The van der Waals surface area contributed by atoms with Gasteiger partial charge in [0.1, 0.15) is 0 Å². The van der Waals surface area contributed by atoms with Gasteiger partial charge in [0.25, 0.3) is 5.91 Å². The minimum Gasteiger partial charge on any atom is -0.269 e. The Morgan fingerprint density at radius 1 is 1.05 bits per heavy atom. The van der Waals surface area contributed by atoms with Crippen molar-refractivity contribution in [2.24, 2.45) is 0 Å². The van der Waals surface area contributed by atoms with Crippen LogP contribution in [0.4, 0.5) is 0 Å². The fourth-order valence-electron chi connectivity index (χ4n) is 1.83. The molecular formula is C17H25NO3S. The predicted molar refractivity (Wildman–Crippen MR) is 90.8 cm³/mol. The number of carbonyl (C=O) groups is 1. The van der Waals surface area contributed by atoms with Crippen molar-refractivity contribution in [1.29, 1.82) is 0 Å². The number of carbonyl (C=O) groups excluding carboxylic acids is 1. The average molecular weight is 323 g/mol. The van der Waals surface area contributed by atoms with Gasteiger partial charge in [-0.25, -0.2) is 13.1 Å². The number of hydrogen-bond acceptors (Lipinski definition) is 3. The van der Waals surface area contributed by atoms with Crippen molar-refractivity contribution in [3.8, 4) is 0 Å². The first kappa shape index (κ1) is 18.4. The Morgan fingerprint density at radius 3 is 2.05 bits per heavy atom. The third-order valence-corrected chi connectivity index (χ3v) is 5.17. The Hall–Kier alpha value is -1.62. The molecule has 122 valence electrons. The van der Waals surface area contributed by atoms with Crippen molar-refractivity contribution in [1.82, 2.24) is 4.72 Å². The van der Waals surface area contributed by atoms with Gasteiger partial charge in [0.15, 0.2) is 0 Å². The first-order chi connectivity index (χ1) is 10.2. The summed E-state index contributed by atoms with van der Waals surface area (Å²) in [5, 5.41) is -0.395. The number of hydrogen-bond donors (Lipinski definition) is 1. The molecule has 1 N–H and O–H groups in total. The second-order valence-corrected chi connectivity index (χ2v) is 7.80. The maximum absolute atomic E-state index is 11.9. The van der Waals surface area contributed by atoms with Gasteiger partial charge >= 0.3 is 0 Å². The lowest BCUT2D eigenvalue weighted by Crippen LogP contribution is -2.33. The van der Waals surface area contributed by atoms with Crippen molar-refractivity contribution in [3.05, 3.63) is 46.6 Å². The smallest absolute Gasteiger partial charge is 0.260 e. The zero-order valence-corrected chi connectivity index (χ0v) is 14.8. The highest BCUT2D eigenvalue weighted by Gasteiger charge is 2.36. The summed E-state index contributed by atoms with van der Waals surface area (Å²) in [6.45, 7) is 9.56. The topological polar surface area (TPSA) is 63.2 Å². The molecule has 22 heavy (non-hydrogen) atoms. The first-order valence-corrected chi connectivity index (χ1v) is 8.94. The van der Waals surface area contributed by atoms with E-state index in [1.165, 1.54) is 5.57 Å². The fourth-order valence-corrected chi connectivity index (χ4v) is 3.17. The average Bonchev–Trinajstić information content (AvgIpc) is 3.25. The highest BCUT2D eigenvalue weighted by molar-refractivity contribution is 7.91. The minimum absolute atomic E-state index is 0.372. The molecule has 1 aliphatic carbocycles. The molecule has 1 rings (SSSR count). The molecule has 0 radical (unpaired) electrons. The fraction of sp³-hybridized carbons (Fsp3) is 0.471. The SMILES string of the molecule is C/C=C(C=C(C)C)/C(C)=C/C=C(\C)C(=O)NS(=O)(=O)C1CC1. The van der Waals surface area contributed by atoms with E-state index in [9.17, 15) is 13.2 Å². The maximum atomic E-state index is 11.9. The number of nitrogens with one attached hydrogen (secondary N) is 1. The van der Waals surface area contributed by atoms with Crippen LogP contribution in [0.2, 0.25) is 0 Å². The van der Waals surface area contributed by atoms with Crippen LogP contribution < -0.4 is 4.72 Å². The zero-order valence-electron chi connectivity index (χ0n) is 13.9. The van der Waals surface area contributed by atoms with Crippen LogP contribution >= 0.6 is 0 Å². The summed E-state index contributed by atoms with van der Waals surface area (Å²) < 4.78 is 25.6. The van der Waals surface area contributed by atoms with E-state index in [0.29, 0.717) is 18.4 Å². The summed E-state index contributed by atoms with van der Waals surface area (Å²) >= 11 is 0. The van der Waals surface area contributed by atoms with Gasteiger partial charge in [-0.1, -0.05) is 29.9 Å². The standard InChI is InChI=1S/C17H25NO3S/c1-6-15(11-12(2)3)13(4)7-8-14(5)17(19)18-22(20,21)16-9-10-16/h6-8,11,16H,9-10H2,1-5H3,(H,18,19)/b13-7+,14-8+,15-6+. The normalized spacial score (nSPS) is 17.2. The van der Waals surface area contributed by atoms with E-state index < -0.39 is 21.2 Å². The third-order valence-electron chi connectivity index (χ3n) is 3.35. The largest absolute Gasteiger partial charge is 0.269 e. The molecule has 0 unspecified atom stereocenters. The quantitative estimate of drug-likeness (QED) is 0.602. The summed E-state index contributed by atoms with van der Waals surface area (Å²) in [6.07, 6.45) is 8.81. The predicted octanol–water partition coefficient (Wildman–Crippen LogP) is 3.40. The highest BCUT2D eigenvalue weighted by Crippen LogP contribution is 2.27. The van der Waals surface area contributed by atoms with Gasteiger partial charge < -0.3 is 0 Å². The van der Waals surface area contributed by atoms with Crippen molar-refractivity contribution < 1.29 is 13.2 Å². The lowest BCUT2D eigenvalue weighted by Gasteiger charge is -2.06. The first-order valence-electron chi connectivity index (χ1n) is 7.40.